The van der Waals surface area contributed by atoms with Crippen LogP contribution in [0.1, 0.15) is 31.7 Å². The average Bonchev–Trinajstić information content (AvgIpc) is 2.72. The number of rotatable bonds is 3. The monoisotopic (exact) mass is 257 g/mol. The summed E-state index contributed by atoms with van der Waals surface area (Å²) in [5.41, 5.74) is 1.22. The second-order valence-electron chi connectivity index (χ2n) is 4.26. The first-order valence-electron chi connectivity index (χ1n) is 5.20. The zero-order valence-electron chi connectivity index (χ0n) is 8.42. The molecule has 1 aliphatic carbocycles. The van der Waals surface area contributed by atoms with Crippen LogP contribution in [-0.2, 0) is 6.54 Å². The zero-order valence-corrected chi connectivity index (χ0v) is 10.0. The van der Waals surface area contributed by atoms with E-state index >= 15 is 0 Å². The number of hydrogen-bond acceptors (Lipinski definition) is 2. The zero-order chi connectivity index (χ0) is 9.97. The van der Waals surface area contributed by atoms with Crippen molar-refractivity contribution in [1.29, 1.82) is 0 Å². The predicted octanol–water partition coefficient (Wildman–Crippen LogP) is 3.32. The minimum absolute atomic E-state index is 0.707. The third-order valence-corrected chi connectivity index (χ3v) is 3.33. The standard InChI is InChI=1S/C11H16BrNO/c1-8-2-3-10(4-8)13-6-9-5-11(12)14-7-9/h5,7-8,10,13H,2-4,6H2,1H3. The summed E-state index contributed by atoms with van der Waals surface area (Å²) in [6.07, 6.45) is 5.81. The summed E-state index contributed by atoms with van der Waals surface area (Å²) in [4.78, 5) is 0. The van der Waals surface area contributed by atoms with Gasteiger partial charge < -0.3 is 9.73 Å². The lowest BCUT2D eigenvalue weighted by molar-refractivity contribution is 0.496. The Balaban J connectivity index is 1.77. The van der Waals surface area contributed by atoms with Crippen molar-refractivity contribution in [2.45, 2.75) is 38.8 Å². The predicted molar refractivity (Wildman–Crippen MR) is 60.1 cm³/mol. The Morgan fingerprint density at radius 3 is 3.00 bits per heavy atom. The van der Waals surface area contributed by atoms with Gasteiger partial charge in [0, 0.05) is 18.2 Å². The molecule has 1 N–H and O–H groups in total. The van der Waals surface area contributed by atoms with Gasteiger partial charge >= 0.3 is 0 Å². The van der Waals surface area contributed by atoms with Gasteiger partial charge in [-0.1, -0.05) is 6.92 Å². The first-order chi connectivity index (χ1) is 6.74. The number of furan rings is 1. The molecule has 0 amide bonds. The van der Waals surface area contributed by atoms with Gasteiger partial charge in [0.2, 0.25) is 0 Å². The van der Waals surface area contributed by atoms with Crippen molar-refractivity contribution in [2.24, 2.45) is 5.92 Å². The molecule has 2 unspecified atom stereocenters. The lowest BCUT2D eigenvalue weighted by Crippen LogP contribution is -2.25. The lowest BCUT2D eigenvalue weighted by Gasteiger charge is -2.10. The average molecular weight is 258 g/mol. The van der Waals surface area contributed by atoms with E-state index in [1.54, 1.807) is 6.26 Å². The van der Waals surface area contributed by atoms with E-state index in [0.717, 1.165) is 17.1 Å². The second-order valence-corrected chi connectivity index (χ2v) is 5.04. The van der Waals surface area contributed by atoms with Crippen molar-refractivity contribution in [3.63, 3.8) is 0 Å². The molecule has 0 saturated heterocycles. The smallest absolute Gasteiger partial charge is 0.169 e. The molecular formula is C11H16BrNO. The molecule has 3 heteroatoms. The van der Waals surface area contributed by atoms with Gasteiger partial charge in [-0.3, -0.25) is 0 Å². The topological polar surface area (TPSA) is 25.2 Å². The van der Waals surface area contributed by atoms with Crippen molar-refractivity contribution in [3.05, 3.63) is 22.6 Å². The van der Waals surface area contributed by atoms with Crippen LogP contribution >= 0.6 is 15.9 Å². The summed E-state index contributed by atoms with van der Waals surface area (Å²) in [5, 5.41) is 3.56. The van der Waals surface area contributed by atoms with Crippen LogP contribution in [0, 0.1) is 5.92 Å². The highest BCUT2D eigenvalue weighted by Gasteiger charge is 2.20. The minimum atomic E-state index is 0.707. The number of halogens is 1. The highest BCUT2D eigenvalue weighted by atomic mass is 79.9. The Morgan fingerprint density at radius 1 is 1.57 bits per heavy atom. The Kier molecular flexibility index (Phi) is 3.29. The number of hydrogen-bond donors (Lipinski definition) is 1. The molecule has 1 heterocycles. The van der Waals surface area contributed by atoms with E-state index < -0.39 is 0 Å². The Labute approximate surface area is 93.2 Å². The number of nitrogens with one attached hydrogen (secondary N) is 1. The van der Waals surface area contributed by atoms with Crippen molar-refractivity contribution in [2.75, 3.05) is 0 Å². The quantitative estimate of drug-likeness (QED) is 0.899. The highest BCUT2D eigenvalue weighted by molar-refractivity contribution is 9.10. The summed E-state index contributed by atoms with van der Waals surface area (Å²) < 4.78 is 5.99. The van der Waals surface area contributed by atoms with E-state index in [9.17, 15) is 0 Å². The molecule has 0 aromatic carbocycles. The van der Waals surface area contributed by atoms with Crippen molar-refractivity contribution in [1.82, 2.24) is 5.32 Å². The molecule has 0 aliphatic heterocycles. The molecule has 2 rings (SSSR count). The van der Waals surface area contributed by atoms with Crippen LogP contribution in [0.15, 0.2) is 21.4 Å². The normalized spacial score (nSPS) is 27.0. The fourth-order valence-corrected chi connectivity index (χ4v) is 2.48. The molecule has 14 heavy (non-hydrogen) atoms. The fraction of sp³-hybridized carbons (Fsp3) is 0.636. The Hall–Kier alpha value is -0.280. The maximum Gasteiger partial charge on any atom is 0.169 e. The largest absolute Gasteiger partial charge is 0.457 e. The summed E-state index contributed by atoms with van der Waals surface area (Å²) in [7, 11) is 0. The first-order valence-corrected chi connectivity index (χ1v) is 5.99. The van der Waals surface area contributed by atoms with E-state index in [-0.39, 0.29) is 0 Å². The molecule has 0 spiro atoms. The summed E-state index contributed by atoms with van der Waals surface area (Å²) >= 11 is 3.30. The van der Waals surface area contributed by atoms with Crippen LogP contribution in [-0.4, -0.2) is 6.04 Å². The third-order valence-electron chi connectivity index (χ3n) is 2.91. The van der Waals surface area contributed by atoms with E-state index in [0.29, 0.717) is 6.04 Å². The summed E-state index contributed by atoms with van der Waals surface area (Å²) in [5.74, 6) is 0.892. The molecule has 1 aromatic rings. The van der Waals surface area contributed by atoms with E-state index in [2.05, 4.69) is 28.2 Å². The van der Waals surface area contributed by atoms with Gasteiger partial charge in [0.15, 0.2) is 4.67 Å². The Bertz CT molecular complexity index is 297. The van der Waals surface area contributed by atoms with Gasteiger partial charge in [-0.25, -0.2) is 0 Å². The maximum atomic E-state index is 5.18. The van der Waals surface area contributed by atoms with E-state index in [4.69, 9.17) is 4.42 Å². The van der Waals surface area contributed by atoms with Gasteiger partial charge in [0.05, 0.1) is 6.26 Å². The lowest BCUT2D eigenvalue weighted by atomic mass is 10.1. The molecular weight excluding hydrogens is 242 g/mol. The van der Waals surface area contributed by atoms with E-state index in [1.165, 1.54) is 24.8 Å². The van der Waals surface area contributed by atoms with Gasteiger partial charge in [0.1, 0.15) is 0 Å². The summed E-state index contributed by atoms with van der Waals surface area (Å²) in [6, 6.07) is 2.73. The van der Waals surface area contributed by atoms with Crippen LogP contribution in [0.2, 0.25) is 0 Å². The second kappa shape index (κ2) is 4.49. The van der Waals surface area contributed by atoms with Gasteiger partial charge in [-0.15, -0.1) is 0 Å². The van der Waals surface area contributed by atoms with Crippen molar-refractivity contribution >= 4 is 15.9 Å². The Morgan fingerprint density at radius 2 is 2.43 bits per heavy atom. The minimum Gasteiger partial charge on any atom is -0.457 e. The van der Waals surface area contributed by atoms with Crippen LogP contribution in [0.3, 0.4) is 0 Å². The molecule has 78 valence electrons. The molecule has 1 saturated carbocycles. The van der Waals surface area contributed by atoms with Crippen LogP contribution in [0.4, 0.5) is 0 Å². The first kappa shape index (κ1) is 10.2. The SMILES string of the molecule is CC1CCC(NCc2coc(Br)c2)C1. The van der Waals surface area contributed by atoms with Crippen LogP contribution < -0.4 is 5.32 Å². The molecule has 2 atom stereocenters. The van der Waals surface area contributed by atoms with E-state index in [1.807, 2.05) is 6.07 Å². The molecule has 0 radical (unpaired) electrons. The van der Waals surface area contributed by atoms with Crippen molar-refractivity contribution in [3.8, 4) is 0 Å². The van der Waals surface area contributed by atoms with Gasteiger partial charge in [0.25, 0.3) is 0 Å². The molecule has 1 aliphatic rings. The highest BCUT2D eigenvalue weighted by Crippen LogP contribution is 2.25. The van der Waals surface area contributed by atoms with Gasteiger partial charge in [-0.2, -0.15) is 0 Å². The van der Waals surface area contributed by atoms with Gasteiger partial charge in [-0.05, 0) is 47.2 Å². The fourth-order valence-electron chi connectivity index (χ4n) is 2.09. The van der Waals surface area contributed by atoms with Crippen molar-refractivity contribution < 1.29 is 4.42 Å². The molecule has 0 bridgehead atoms. The molecule has 1 fully saturated rings. The molecule has 2 nitrogen and oxygen atoms in total. The van der Waals surface area contributed by atoms with Crippen LogP contribution in [0.5, 0.6) is 0 Å². The third kappa shape index (κ3) is 2.61. The van der Waals surface area contributed by atoms with Crippen LogP contribution in [0.25, 0.3) is 0 Å². The summed E-state index contributed by atoms with van der Waals surface area (Å²) in [6.45, 7) is 3.25. The molecule has 1 aromatic heterocycles. The maximum absolute atomic E-state index is 5.18.